The lowest BCUT2D eigenvalue weighted by molar-refractivity contribution is 0.0394. The molecule has 7 heteroatoms. The van der Waals surface area contributed by atoms with Crippen molar-refractivity contribution in [1.29, 1.82) is 0 Å². The largest absolute Gasteiger partial charge is 0.458 e. The molecule has 2 heterocycles. The van der Waals surface area contributed by atoms with Crippen molar-refractivity contribution in [2.45, 2.75) is 0 Å². The lowest BCUT2D eigenvalue weighted by Crippen LogP contribution is -2.33. The fourth-order valence-corrected chi connectivity index (χ4v) is 2.95. The number of benzene rings is 2. The molecule has 2 amide bonds. The summed E-state index contributed by atoms with van der Waals surface area (Å²) in [4.78, 5) is 49.7. The van der Waals surface area contributed by atoms with Crippen molar-refractivity contribution in [1.82, 2.24) is 4.90 Å². The maximum Gasteiger partial charge on any atom is 0.374 e. The number of carbonyl (C=O) groups excluding carboxylic acids is 3. The number of fused-ring (bicyclic) bond motifs is 2. The lowest BCUT2D eigenvalue weighted by atomic mass is 10.1. The molecule has 0 radical (unpaired) electrons. The molecular formula is C20H13NO6. The van der Waals surface area contributed by atoms with E-state index in [0.717, 1.165) is 11.0 Å². The molecule has 3 aromatic rings. The first-order valence-corrected chi connectivity index (χ1v) is 8.21. The van der Waals surface area contributed by atoms with Crippen LogP contribution in [-0.4, -0.2) is 35.8 Å². The second-order valence-electron chi connectivity index (χ2n) is 5.91. The Morgan fingerprint density at radius 1 is 0.926 bits per heavy atom. The Balaban J connectivity index is 1.44. The zero-order valence-electron chi connectivity index (χ0n) is 14.0. The highest BCUT2D eigenvalue weighted by Crippen LogP contribution is 2.22. The zero-order chi connectivity index (χ0) is 19.0. The molecule has 1 aromatic heterocycles. The van der Waals surface area contributed by atoms with Gasteiger partial charge >= 0.3 is 5.97 Å². The Hall–Kier alpha value is -3.74. The molecule has 0 atom stereocenters. The van der Waals surface area contributed by atoms with Crippen LogP contribution in [0.4, 0.5) is 0 Å². The number of ether oxygens (including phenoxy) is 1. The summed E-state index contributed by atoms with van der Waals surface area (Å²) < 4.78 is 10.5. The first kappa shape index (κ1) is 16.7. The van der Waals surface area contributed by atoms with Crippen molar-refractivity contribution in [3.8, 4) is 0 Å². The summed E-state index contributed by atoms with van der Waals surface area (Å²) >= 11 is 0. The number of hydrogen-bond acceptors (Lipinski definition) is 6. The van der Waals surface area contributed by atoms with Crippen molar-refractivity contribution in [2.75, 3.05) is 13.2 Å². The molecule has 0 aliphatic carbocycles. The minimum Gasteiger partial charge on any atom is -0.458 e. The Labute approximate surface area is 152 Å². The van der Waals surface area contributed by atoms with Gasteiger partial charge in [-0.3, -0.25) is 19.3 Å². The monoisotopic (exact) mass is 363 g/mol. The minimum absolute atomic E-state index is 0.0874. The van der Waals surface area contributed by atoms with Gasteiger partial charge in [0.1, 0.15) is 12.2 Å². The van der Waals surface area contributed by atoms with Crippen LogP contribution in [0.15, 0.2) is 63.8 Å². The van der Waals surface area contributed by atoms with Crippen molar-refractivity contribution in [3.63, 3.8) is 0 Å². The number of hydrogen-bond donors (Lipinski definition) is 0. The van der Waals surface area contributed by atoms with Crippen LogP contribution in [0.25, 0.3) is 11.0 Å². The number of nitrogens with zero attached hydrogens (tertiary/aromatic N) is 1. The maximum absolute atomic E-state index is 12.2. The van der Waals surface area contributed by atoms with Gasteiger partial charge in [-0.2, -0.15) is 0 Å². The third kappa shape index (κ3) is 2.89. The van der Waals surface area contributed by atoms with Crippen LogP contribution in [0.1, 0.15) is 31.3 Å². The predicted octanol–water partition coefficient (Wildman–Crippen LogP) is 2.25. The van der Waals surface area contributed by atoms with Gasteiger partial charge in [-0.15, -0.1) is 0 Å². The normalized spacial score (nSPS) is 13.1. The second kappa shape index (κ2) is 6.53. The molecule has 0 bridgehead atoms. The van der Waals surface area contributed by atoms with Crippen molar-refractivity contribution >= 4 is 28.8 Å². The molecule has 4 rings (SSSR count). The Morgan fingerprint density at radius 2 is 1.56 bits per heavy atom. The number of amides is 2. The van der Waals surface area contributed by atoms with Gasteiger partial charge in [0.2, 0.25) is 5.76 Å². The summed E-state index contributed by atoms with van der Waals surface area (Å²) in [5, 5.41) is 0.361. The zero-order valence-corrected chi connectivity index (χ0v) is 14.0. The number of rotatable bonds is 4. The predicted molar refractivity (Wildman–Crippen MR) is 94.6 cm³/mol. The molecular weight excluding hydrogens is 350 g/mol. The Morgan fingerprint density at radius 3 is 2.26 bits per heavy atom. The maximum atomic E-state index is 12.2. The van der Waals surface area contributed by atoms with Gasteiger partial charge in [0, 0.05) is 6.07 Å². The first-order valence-electron chi connectivity index (χ1n) is 8.21. The van der Waals surface area contributed by atoms with Crippen molar-refractivity contribution in [3.05, 3.63) is 81.7 Å². The summed E-state index contributed by atoms with van der Waals surface area (Å²) in [5.41, 5.74) is 0.574. The highest BCUT2D eigenvalue weighted by Gasteiger charge is 2.34. The molecule has 2 aromatic carbocycles. The lowest BCUT2D eigenvalue weighted by Gasteiger charge is -2.13. The molecule has 0 N–H and O–H groups in total. The van der Waals surface area contributed by atoms with Crippen LogP contribution in [0, 0.1) is 0 Å². The van der Waals surface area contributed by atoms with E-state index < -0.39 is 17.8 Å². The number of imide groups is 1. The second-order valence-corrected chi connectivity index (χ2v) is 5.91. The number of para-hydroxylation sites is 1. The highest BCUT2D eigenvalue weighted by molar-refractivity contribution is 6.21. The molecule has 0 saturated carbocycles. The standard InChI is InChI=1S/C20H13NO6/c22-15-11-17(27-16-8-4-3-7-14(15)16)20(25)26-10-9-21-18(23)12-5-1-2-6-13(12)19(21)24/h1-8,11H,9-10H2. The molecule has 1 aliphatic heterocycles. The minimum atomic E-state index is -0.838. The van der Waals surface area contributed by atoms with E-state index in [1.807, 2.05) is 0 Å². The fraction of sp³-hybridized carbons (Fsp3) is 0.100. The van der Waals surface area contributed by atoms with Crippen LogP contribution in [-0.2, 0) is 4.74 Å². The molecule has 134 valence electrons. The van der Waals surface area contributed by atoms with E-state index >= 15 is 0 Å². The van der Waals surface area contributed by atoms with E-state index in [4.69, 9.17) is 9.15 Å². The third-order valence-corrected chi connectivity index (χ3v) is 4.26. The molecule has 0 spiro atoms. The van der Waals surface area contributed by atoms with E-state index in [1.165, 1.54) is 0 Å². The van der Waals surface area contributed by atoms with Gasteiger partial charge in [-0.05, 0) is 24.3 Å². The van der Waals surface area contributed by atoms with E-state index in [1.54, 1.807) is 48.5 Å². The van der Waals surface area contributed by atoms with Crippen LogP contribution in [0.5, 0.6) is 0 Å². The van der Waals surface area contributed by atoms with Gasteiger partial charge in [-0.25, -0.2) is 4.79 Å². The summed E-state index contributed by atoms with van der Waals surface area (Å²) in [6.07, 6.45) is 0. The van der Waals surface area contributed by atoms with Crippen molar-refractivity contribution < 1.29 is 23.5 Å². The molecule has 1 aliphatic rings. The molecule has 0 unspecified atom stereocenters. The summed E-state index contributed by atoms with van der Waals surface area (Å²) in [6.45, 7) is -0.295. The van der Waals surface area contributed by atoms with Gasteiger partial charge in [-0.1, -0.05) is 24.3 Å². The third-order valence-electron chi connectivity index (χ3n) is 4.26. The number of esters is 1. The first-order chi connectivity index (χ1) is 13.1. The summed E-state index contributed by atoms with van der Waals surface area (Å²) in [6, 6.07) is 14.1. The SMILES string of the molecule is O=C(OCCN1C(=O)c2ccccc2C1=O)c1cc(=O)c2ccccc2o1. The molecule has 7 nitrogen and oxygen atoms in total. The fourth-order valence-electron chi connectivity index (χ4n) is 2.95. The smallest absolute Gasteiger partial charge is 0.374 e. The van der Waals surface area contributed by atoms with E-state index in [2.05, 4.69) is 0 Å². The summed E-state index contributed by atoms with van der Waals surface area (Å²) in [5.74, 6) is -1.93. The van der Waals surface area contributed by atoms with Gasteiger partial charge < -0.3 is 9.15 Å². The van der Waals surface area contributed by atoms with Crippen LogP contribution < -0.4 is 5.43 Å². The topological polar surface area (TPSA) is 93.9 Å². The molecule has 0 fully saturated rings. The average Bonchev–Trinajstić information content (AvgIpc) is 2.93. The number of carbonyl (C=O) groups is 3. The van der Waals surface area contributed by atoms with Gasteiger partial charge in [0.25, 0.3) is 11.8 Å². The van der Waals surface area contributed by atoms with E-state index in [-0.39, 0.29) is 29.9 Å². The summed E-state index contributed by atoms with van der Waals surface area (Å²) in [7, 11) is 0. The van der Waals surface area contributed by atoms with Crippen LogP contribution in [0.2, 0.25) is 0 Å². The van der Waals surface area contributed by atoms with Crippen molar-refractivity contribution in [2.24, 2.45) is 0 Å². The highest BCUT2D eigenvalue weighted by atomic mass is 16.5. The van der Waals surface area contributed by atoms with Gasteiger partial charge in [0.15, 0.2) is 5.43 Å². The van der Waals surface area contributed by atoms with E-state index in [0.29, 0.717) is 16.5 Å². The Kier molecular flexibility index (Phi) is 4.04. The quantitative estimate of drug-likeness (QED) is 0.521. The van der Waals surface area contributed by atoms with Crippen LogP contribution >= 0.6 is 0 Å². The molecule has 27 heavy (non-hydrogen) atoms. The molecule has 0 saturated heterocycles. The van der Waals surface area contributed by atoms with E-state index in [9.17, 15) is 19.2 Å². The Bertz CT molecular complexity index is 1110. The van der Waals surface area contributed by atoms with Gasteiger partial charge in [0.05, 0.1) is 23.1 Å². The average molecular weight is 363 g/mol. The van der Waals surface area contributed by atoms with Crippen LogP contribution in [0.3, 0.4) is 0 Å².